The summed E-state index contributed by atoms with van der Waals surface area (Å²) in [6, 6.07) is 11.6. The highest BCUT2D eigenvalue weighted by Crippen LogP contribution is 2.42. The number of nitrogens with one attached hydrogen (secondary N) is 1. The highest BCUT2D eigenvalue weighted by atomic mass is 32.1. The first-order valence-electron chi connectivity index (χ1n) is 11.1. The van der Waals surface area contributed by atoms with E-state index >= 15 is 4.39 Å². The minimum absolute atomic E-state index is 0.0561. The number of thiocarbonyl (C=S) groups is 1. The monoisotopic (exact) mass is 512 g/mol. The van der Waals surface area contributed by atoms with Gasteiger partial charge in [-0.05, 0) is 34.9 Å². The van der Waals surface area contributed by atoms with Crippen molar-refractivity contribution in [1.82, 2.24) is 10.3 Å². The van der Waals surface area contributed by atoms with Gasteiger partial charge in [0.05, 0.1) is 21.3 Å². The first-order chi connectivity index (χ1) is 17.4. The molecule has 2 atom stereocenters. The van der Waals surface area contributed by atoms with Crippen molar-refractivity contribution in [2.45, 2.75) is 18.4 Å². The SMILES string of the molecule is COc1ccc(C2c3ccc(OC)cc3CC2OC(=O)CNC(=S)c2nccc(OC)c2O)c(F)c1. The smallest absolute Gasteiger partial charge is 0.325 e. The molecular weight excluding hydrogens is 487 g/mol. The Balaban J connectivity index is 1.52. The van der Waals surface area contributed by atoms with E-state index in [0.717, 1.165) is 11.1 Å². The molecule has 2 unspecified atom stereocenters. The van der Waals surface area contributed by atoms with Gasteiger partial charge >= 0.3 is 5.97 Å². The number of pyridine rings is 1. The van der Waals surface area contributed by atoms with Crippen molar-refractivity contribution in [3.8, 4) is 23.0 Å². The average Bonchev–Trinajstić information content (AvgIpc) is 3.23. The third-order valence-corrected chi connectivity index (χ3v) is 6.36. The Morgan fingerprint density at radius 2 is 1.78 bits per heavy atom. The van der Waals surface area contributed by atoms with Crippen molar-refractivity contribution in [2.24, 2.45) is 0 Å². The van der Waals surface area contributed by atoms with Crippen LogP contribution in [0.3, 0.4) is 0 Å². The Bertz CT molecular complexity index is 1300. The normalized spacial score (nSPS) is 16.1. The molecule has 2 N–H and O–H groups in total. The summed E-state index contributed by atoms with van der Waals surface area (Å²) in [4.78, 5) is 16.9. The molecular formula is C26H25FN2O6S. The van der Waals surface area contributed by atoms with E-state index in [-0.39, 0.29) is 28.7 Å². The van der Waals surface area contributed by atoms with Crippen LogP contribution in [0.15, 0.2) is 48.7 Å². The van der Waals surface area contributed by atoms with Crippen molar-refractivity contribution < 1.29 is 33.2 Å². The maximum Gasteiger partial charge on any atom is 0.325 e. The predicted octanol–water partition coefficient (Wildman–Crippen LogP) is 3.52. The van der Waals surface area contributed by atoms with Crippen LogP contribution in [0.25, 0.3) is 0 Å². The summed E-state index contributed by atoms with van der Waals surface area (Å²) in [6.45, 7) is -0.273. The fourth-order valence-electron chi connectivity index (χ4n) is 4.30. The average molecular weight is 513 g/mol. The van der Waals surface area contributed by atoms with Gasteiger partial charge in [-0.25, -0.2) is 9.37 Å². The number of benzene rings is 2. The van der Waals surface area contributed by atoms with Crippen LogP contribution in [0.1, 0.15) is 28.3 Å². The molecule has 1 aliphatic rings. The standard InChI is InChI=1S/C26H25FN2O6S/c1-32-15-4-6-17-14(10-15)11-21(23(17)18-7-5-16(33-2)12-19(18)27)35-22(30)13-29-26(36)24-25(31)20(34-3)8-9-28-24/h4-10,12,21,23,31H,11,13H2,1-3H3,(H,29,36). The predicted molar refractivity (Wildman–Crippen MR) is 134 cm³/mol. The number of carbonyl (C=O) groups is 1. The zero-order valence-electron chi connectivity index (χ0n) is 19.9. The second-order valence-corrected chi connectivity index (χ2v) is 8.46. The Morgan fingerprint density at radius 1 is 1.08 bits per heavy atom. The quantitative estimate of drug-likeness (QED) is 0.347. The van der Waals surface area contributed by atoms with Crippen LogP contribution in [0.5, 0.6) is 23.0 Å². The minimum atomic E-state index is -0.652. The molecule has 0 amide bonds. The summed E-state index contributed by atoms with van der Waals surface area (Å²) in [7, 11) is 4.44. The molecule has 2 aromatic carbocycles. The number of halogens is 1. The number of rotatable bonds is 8. The number of aromatic nitrogens is 1. The summed E-state index contributed by atoms with van der Waals surface area (Å²) in [5.74, 6) is -0.545. The van der Waals surface area contributed by atoms with E-state index in [1.54, 1.807) is 25.3 Å². The van der Waals surface area contributed by atoms with Gasteiger partial charge in [-0.1, -0.05) is 24.4 Å². The lowest BCUT2D eigenvalue weighted by molar-refractivity contribution is -0.147. The van der Waals surface area contributed by atoms with Crippen LogP contribution < -0.4 is 19.5 Å². The largest absolute Gasteiger partial charge is 0.503 e. The zero-order chi connectivity index (χ0) is 25.8. The molecule has 36 heavy (non-hydrogen) atoms. The maximum absolute atomic E-state index is 15.1. The molecule has 0 aliphatic heterocycles. The van der Waals surface area contributed by atoms with E-state index in [1.807, 2.05) is 12.1 Å². The fourth-order valence-corrected chi connectivity index (χ4v) is 4.52. The van der Waals surface area contributed by atoms with E-state index in [1.165, 1.54) is 32.5 Å². The minimum Gasteiger partial charge on any atom is -0.503 e. The lowest BCUT2D eigenvalue weighted by atomic mass is 9.90. The Labute approximate surface area is 213 Å². The molecule has 0 radical (unpaired) electrons. The van der Waals surface area contributed by atoms with Gasteiger partial charge in [-0.2, -0.15) is 0 Å². The molecule has 4 rings (SSSR count). The van der Waals surface area contributed by atoms with Crippen LogP contribution >= 0.6 is 12.2 Å². The summed E-state index contributed by atoms with van der Waals surface area (Å²) in [6.07, 6.45) is 1.16. The highest BCUT2D eigenvalue weighted by Gasteiger charge is 2.38. The molecule has 0 saturated carbocycles. The van der Waals surface area contributed by atoms with E-state index in [0.29, 0.717) is 23.5 Å². The summed E-state index contributed by atoms with van der Waals surface area (Å²) < 4.78 is 36.4. The molecule has 0 saturated heterocycles. The molecule has 8 nitrogen and oxygen atoms in total. The molecule has 0 bridgehead atoms. The van der Waals surface area contributed by atoms with Gasteiger partial charge in [0.25, 0.3) is 0 Å². The zero-order valence-corrected chi connectivity index (χ0v) is 20.7. The van der Waals surface area contributed by atoms with Gasteiger partial charge in [0.1, 0.15) is 40.6 Å². The third kappa shape index (κ3) is 5.03. The van der Waals surface area contributed by atoms with E-state index in [4.69, 9.17) is 31.2 Å². The Hall–Kier alpha value is -3.92. The highest BCUT2D eigenvalue weighted by molar-refractivity contribution is 7.80. The number of aromatic hydroxyl groups is 1. The Kier molecular flexibility index (Phi) is 7.54. The molecule has 1 heterocycles. The van der Waals surface area contributed by atoms with Crippen molar-refractivity contribution in [2.75, 3.05) is 27.9 Å². The molecule has 10 heteroatoms. The summed E-state index contributed by atoms with van der Waals surface area (Å²) in [5, 5.41) is 13.0. The molecule has 1 aromatic heterocycles. The number of fused-ring (bicyclic) bond motifs is 1. The first-order valence-corrected chi connectivity index (χ1v) is 11.5. The molecule has 188 valence electrons. The molecule has 3 aromatic rings. The first kappa shape index (κ1) is 25.2. The van der Waals surface area contributed by atoms with Gasteiger partial charge in [-0.15, -0.1) is 0 Å². The van der Waals surface area contributed by atoms with Crippen LogP contribution in [0, 0.1) is 5.82 Å². The van der Waals surface area contributed by atoms with Crippen LogP contribution in [-0.2, 0) is 16.0 Å². The second-order valence-electron chi connectivity index (χ2n) is 8.06. The van der Waals surface area contributed by atoms with Crippen LogP contribution in [-0.4, -0.2) is 55.0 Å². The number of hydrogen-bond acceptors (Lipinski definition) is 8. The molecule has 0 spiro atoms. The fraction of sp³-hybridized carbons (Fsp3) is 0.269. The number of methoxy groups -OCH3 is 3. The van der Waals surface area contributed by atoms with Crippen molar-refractivity contribution in [3.63, 3.8) is 0 Å². The second kappa shape index (κ2) is 10.8. The van der Waals surface area contributed by atoms with Gasteiger partial charge in [0.15, 0.2) is 11.5 Å². The third-order valence-electron chi connectivity index (χ3n) is 6.02. The summed E-state index contributed by atoms with van der Waals surface area (Å²) >= 11 is 5.27. The molecule has 1 aliphatic carbocycles. The van der Waals surface area contributed by atoms with Crippen molar-refractivity contribution >= 4 is 23.2 Å². The van der Waals surface area contributed by atoms with E-state index in [2.05, 4.69) is 10.3 Å². The number of ether oxygens (including phenoxy) is 4. The topological polar surface area (TPSA) is 99.1 Å². The van der Waals surface area contributed by atoms with E-state index in [9.17, 15) is 9.90 Å². The maximum atomic E-state index is 15.1. The van der Waals surface area contributed by atoms with Gasteiger partial charge in [0.2, 0.25) is 0 Å². The summed E-state index contributed by atoms with van der Waals surface area (Å²) in [5.41, 5.74) is 2.23. The number of esters is 1. The Morgan fingerprint density at radius 3 is 2.44 bits per heavy atom. The van der Waals surface area contributed by atoms with Crippen LogP contribution in [0.2, 0.25) is 0 Å². The van der Waals surface area contributed by atoms with Gasteiger partial charge in [0, 0.05) is 30.7 Å². The molecule has 0 fully saturated rings. The van der Waals surface area contributed by atoms with Gasteiger partial charge in [-0.3, -0.25) is 4.79 Å². The van der Waals surface area contributed by atoms with Crippen LogP contribution in [0.4, 0.5) is 4.39 Å². The van der Waals surface area contributed by atoms with Crippen molar-refractivity contribution in [3.05, 3.63) is 76.9 Å². The number of nitrogens with zero attached hydrogens (tertiary/aromatic N) is 1. The lowest BCUT2D eigenvalue weighted by Gasteiger charge is -2.22. The number of carbonyl (C=O) groups excluding carboxylic acids is 1. The van der Waals surface area contributed by atoms with Crippen molar-refractivity contribution in [1.29, 1.82) is 0 Å². The van der Waals surface area contributed by atoms with E-state index < -0.39 is 23.8 Å². The van der Waals surface area contributed by atoms with Gasteiger partial charge < -0.3 is 29.4 Å². The number of hydrogen-bond donors (Lipinski definition) is 2. The lowest BCUT2D eigenvalue weighted by Crippen LogP contribution is -2.34.